The molecule has 0 aromatic heterocycles. The second kappa shape index (κ2) is 11.8. The number of aliphatic carboxylic acids is 1. The summed E-state index contributed by atoms with van der Waals surface area (Å²) in [5, 5.41) is 23.7. The SMILES string of the molecule is CC(C)C[C@H](N)C(=O)N[C@@H](CCC(N)=O)C(=O)N[C@@H](Cc1ccc(O)cc1)C(=O)O. The Morgan fingerprint density at radius 3 is 2.07 bits per heavy atom. The number of carboxylic acids is 1. The number of carboxylic acid groups (broad SMARTS) is 1. The highest BCUT2D eigenvalue weighted by atomic mass is 16.4. The van der Waals surface area contributed by atoms with Crippen LogP contribution in [0.3, 0.4) is 0 Å². The van der Waals surface area contributed by atoms with Crippen LogP contribution in [-0.2, 0) is 25.6 Å². The Morgan fingerprint density at radius 2 is 1.57 bits per heavy atom. The minimum atomic E-state index is -1.28. The molecule has 1 aromatic carbocycles. The van der Waals surface area contributed by atoms with Crippen LogP contribution in [0.1, 0.15) is 38.7 Å². The molecule has 0 unspecified atom stereocenters. The summed E-state index contributed by atoms with van der Waals surface area (Å²) in [5.74, 6) is -3.07. The van der Waals surface area contributed by atoms with Crippen molar-refractivity contribution < 1.29 is 29.4 Å². The predicted molar refractivity (Wildman–Crippen MR) is 109 cm³/mol. The van der Waals surface area contributed by atoms with Crippen LogP contribution in [0.2, 0.25) is 0 Å². The Balaban J connectivity index is 2.88. The number of hydrogen-bond acceptors (Lipinski definition) is 6. The number of phenols is 1. The van der Waals surface area contributed by atoms with Gasteiger partial charge in [0.15, 0.2) is 0 Å². The molecular weight excluding hydrogens is 392 g/mol. The van der Waals surface area contributed by atoms with E-state index in [1.54, 1.807) is 0 Å². The van der Waals surface area contributed by atoms with Crippen molar-refractivity contribution in [2.24, 2.45) is 17.4 Å². The quantitative estimate of drug-likeness (QED) is 0.265. The number of aromatic hydroxyl groups is 1. The van der Waals surface area contributed by atoms with E-state index >= 15 is 0 Å². The molecule has 166 valence electrons. The third-order valence-corrected chi connectivity index (χ3v) is 4.37. The Morgan fingerprint density at radius 1 is 1.00 bits per heavy atom. The first-order valence-corrected chi connectivity index (χ1v) is 9.65. The highest BCUT2D eigenvalue weighted by Gasteiger charge is 2.28. The van der Waals surface area contributed by atoms with E-state index in [-0.39, 0.29) is 30.9 Å². The molecule has 1 aromatic rings. The van der Waals surface area contributed by atoms with Gasteiger partial charge >= 0.3 is 5.97 Å². The molecule has 0 saturated heterocycles. The van der Waals surface area contributed by atoms with Crippen molar-refractivity contribution in [3.63, 3.8) is 0 Å². The molecule has 8 N–H and O–H groups in total. The zero-order chi connectivity index (χ0) is 22.8. The zero-order valence-corrected chi connectivity index (χ0v) is 17.1. The summed E-state index contributed by atoms with van der Waals surface area (Å²) in [6.07, 6.45) is 0.0969. The predicted octanol–water partition coefficient (Wildman–Crippen LogP) is -0.372. The summed E-state index contributed by atoms with van der Waals surface area (Å²) in [6, 6.07) is 2.60. The number of rotatable bonds is 12. The number of carbonyl (C=O) groups excluding carboxylic acids is 3. The van der Waals surface area contributed by atoms with E-state index in [4.69, 9.17) is 11.5 Å². The topological polar surface area (TPSA) is 185 Å². The van der Waals surface area contributed by atoms with Crippen molar-refractivity contribution in [2.75, 3.05) is 0 Å². The fourth-order valence-electron chi connectivity index (χ4n) is 2.79. The van der Waals surface area contributed by atoms with Crippen LogP contribution < -0.4 is 22.1 Å². The molecule has 0 bridgehead atoms. The van der Waals surface area contributed by atoms with Gasteiger partial charge in [0.25, 0.3) is 0 Å². The van der Waals surface area contributed by atoms with Gasteiger partial charge in [-0.1, -0.05) is 26.0 Å². The lowest BCUT2D eigenvalue weighted by atomic mass is 10.0. The molecule has 3 atom stereocenters. The van der Waals surface area contributed by atoms with E-state index in [2.05, 4.69) is 10.6 Å². The summed E-state index contributed by atoms with van der Waals surface area (Å²) in [5.41, 5.74) is 11.6. The van der Waals surface area contributed by atoms with Crippen molar-refractivity contribution in [3.8, 4) is 5.75 Å². The molecule has 10 nitrogen and oxygen atoms in total. The maximum absolute atomic E-state index is 12.7. The monoisotopic (exact) mass is 422 g/mol. The number of nitrogens with one attached hydrogen (secondary N) is 2. The normalized spacial score (nSPS) is 13.9. The van der Waals surface area contributed by atoms with Crippen molar-refractivity contribution in [1.82, 2.24) is 10.6 Å². The fourth-order valence-corrected chi connectivity index (χ4v) is 2.79. The first-order valence-electron chi connectivity index (χ1n) is 9.65. The molecular formula is C20H30N4O6. The molecule has 1 rings (SSSR count). The molecule has 0 radical (unpaired) electrons. The number of primary amides is 1. The second-order valence-electron chi connectivity index (χ2n) is 7.57. The molecule has 0 aliphatic carbocycles. The molecule has 3 amide bonds. The van der Waals surface area contributed by atoms with Crippen molar-refractivity contribution >= 4 is 23.7 Å². The lowest BCUT2D eigenvalue weighted by Crippen LogP contribution is -2.55. The van der Waals surface area contributed by atoms with Crippen LogP contribution in [0, 0.1) is 5.92 Å². The minimum Gasteiger partial charge on any atom is -0.508 e. The van der Waals surface area contributed by atoms with Crippen LogP contribution in [-0.4, -0.2) is 52.0 Å². The van der Waals surface area contributed by atoms with Gasteiger partial charge in [0.2, 0.25) is 17.7 Å². The average Bonchev–Trinajstić information content (AvgIpc) is 2.65. The Hall–Kier alpha value is -3.14. The van der Waals surface area contributed by atoms with E-state index in [0.29, 0.717) is 12.0 Å². The third kappa shape index (κ3) is 8.91. The van der Waals surface area contributed by atoms with E-state index in [9.17, 15) is 29.4 Å². The van der Waals surface area contributed by atoms with Crippen LogP contribution >= 0.6 is 0 Å². The standard InChI is InChI=1S/C20H30N4O6/c1-11(2)9-14(21)18(27)23-15(7-8-17(22)26)19(28)24-16(20(29)30)10-12-3-5-13(25)6-4-12/h3-6,11,14-16,25H,7-10,21H2,1-2H3,(H2,22,26)(H,23,27)(H,24,28)(H,29,30)/t14-,15-,16-/m0/s1. The maximum atomic E-state index is 12.7. The Labute approximate surface area is 175 Å². The van der Waals surface area contributed by atoms with Gasteiger partial charge in [-0.2, -0.15) is 0 Å². The van der Waals surface area contributed by atoms with E-state index in [1.807, 2.05) is 13.8 Å². The van der Waals surface area contributed by atoms with Gasteiger partial charge in [-0.15, -0.1) is 0 Å². The van der Waals surface area contributed by atoms with Gasteiger partial charge in [-0.25, -0.2) is 4.79 Å². The highest BCUT2D eigenvalue weighted by molar-refractivity contribution is 5.92. The molecule has 0 aliphatic heterocycles. The molecule has 0 heterocycles. The van der Waals surface area contributed by atoms with Crippen LogP contribution in [0.15, 0.2) is 24.3 Å². The van der Waals surface area contributed by atoms with Gasteiger partial charge in [-0.05, 0) is 36.5 Å². The molecule has 0 spiro atoms. The smallest absolute Gasteiger partial charge is 0.326 e. The Kier molecular flexibility index (Phi) is 9.76. The van der Waals surface area contributed by atoms with Crippen LogP contribution in [0.25, 0.3) is 0 Å². The van der Waals surface area contributed by atoms with E-state index < -0.39 is 41.8 Å². The van der Waals surface area contributed by atoms with Crippen molar-refractivity contribution in [2.45, 2.75) is 57.7 Å². The maximum Gasteiger partial charge on any atom is 0.326 e. The van der Waals surface area contributed by atoms with Crippen LogP contribution in [0.5, 0.6) is 5.75 Å². The minimum absolute atomic E-state index is 0.0293. The summed E-state index contributed by atoms with van der Waals surface area (Å²) < 4.78 is 0. The summed E-state index contributed by atoms with van der Waals surface area (Å²) >= 11 is 0. The van der Waals surface area contributed by atoms with Gasteiger partial charge in [-0.3, -0.25) is 14.4 Å². The number of nitrogens with two attached hydrogens (primary N) is 2. The molecule has 0 aliphatic rings. The lowest BCUT2D eigenvalue weighted by molar-refractivity contribution is -0.142. The molecule has 0 fully saturated rings. The van der Waals surface area contributed by atoms with E-state index in [0.717, 1.165) is 0 Å². The second-order valence-corrected chi connectivity index (χ2v) is 7.57. The van der Waals surface area contributed by atoms with E-state index in [1.165, 1.54) is 24.3 Å². The molecule has 0 saturated carbocycles. The molecule has 30 heavy (non-hydrogen) atoms. The largest absolute Gasteiger partial charge is 0.508 e. The summed E-state index contributed by atoms with van der Waals surface area (Å²) in [6.45, 7) is 3.79. The Bertz CT molecular complexity index is 750. The number of hydrogen-bond donors (Lipinski definition) is 6. The highest BCUT2D eigenvalue weighted by Crippen LogP contribution is 2.12. The number of carbonyl (C=O) groups is 4. The number of amides is 3. The number of benzene rings is 1. The average molecular weight is 422 g/mol. The lowest BCUT2D eigenvalue weighted by Gasteiger charge is -2.23. The van der Waals surface area contributed by atoms with Crippen molar-refractivity contribution in [1.29, 1.82) is 0 Å². The van der Waals surface area contributed by atoms with Crippen molar-refractivity contribution in [3.05, 3.63) is 29.8 Å². The van der Waals surface area contributed by atoms with Crippen LogP contribution in [0.4, 0.5) is 0 Å². The van der Waals surface area contributed by atoms with Gasteiger partial charge in [0, 0.05) is 12.8 Å². The first kappa shape index (κ1) is 24.9. The molecule has 10 heteroatoms. The first-order chi connectivity index (χ1) is 14.0. The van der Waals surface area contributed by atoms with Gasteiger partial charge in [0.1, 0.15) is 17.8 Å². The number of phenolic OH excluding ortho intramolecular Hbond substituents is 1. The van der Waals surface area contributed by atoms with Gasteiger partial charge < -0.3 is 32.3 Å². The zero-order valence-electron chi connectivity index (χ0n) is 17.1. The summed E-state index contributed by atoms with van der Waals surface area (Å²) in [4.78, 5) is 47.7. The summed E-state index contributed by atoms with van der Waals surface area (Å²) in [7, 11) is 0. The third-order valence-electron chi connectivity index (χ3n) is 4.37. The fraction of sp³-hybridized carbons (Fsp3) is 0.500. The van der Waals surface area contributed by atoms with Gasteiger partial charge in [0.05, 0.1) is 6.04 Å².